The Kier molecular flexibility index (Phi) is 10.8. The van der Waals surface area contributed by atoms with Gasteiger partial charge in [-0.05, 0) is 26.2 Å². The molecule has 4 unspecified atom stereocenters. The van der Waals surface area contributed by atoms with Gasteiger partial charge in [0, 0.05) is 32.4 Å². The average molecular weight is 353 g/mol. The molecular weight excluding hydrogens is 322 g/mol. The van der Waals surface area contributed by atoms with E-state index in [1.807, 2.05) is 6.92 Å². The van der Waals surface area contributed by atoms with Crippen LogP contribution in [-0.2, 0) is 19.1 Å². The Labute approximate surface area is 150 Å². The molecule has 1 amide bonds. The van der Waals surface area contributed by atoms with Gasteiger partial charge in [0.1, 0.15) is 12.4 Å². The number of nitrogens with zero attached hydrogens (tertiary/aromatic N) is 1. The molecule has 0 rings (SSSR count). The number of carbonyl (C=O) groups is 3. The Morgan fingerprint density at radius 2 is 1.80 bits per heavy atom. The number of ketones is 1. The maximum absolute atomic E-state index is 12.4. The highest BCUT2D eigenvalue weighted by Gasteiger charge is 2.30. The van der Waals surface area contributed by atoms with Gasteiger partial charge in [0.05, 0.1) is 12.0 Å². The number of terminal acetylenes is 1. The summed E-state index contributed by atoms with van der Waals surface area (Å²) in [6.45, 7) is 4.97. The van der Waals surface area contributed by atoms with Crippen molar-refractivity contribution in [2.75, 3.05) is 20.7 Å². The molecule has 0 aliphatic heterocycles. The molecule has 0 heterocycles. The summed E-state index contributed by atoms with van der Waals surface area (Å²) in [5.74, 6) is 0.618. The van der Waals surface area contributed by atoms with Gasteiger partial charge in [-0.25, -0.2) is 0 Å². The summed E-state index contributed by atoms with van der Waals surface area (Å²) >= 11 is 0. The van der Waals surface area contributed by atoms with Gasteiger partial charge in [-0.3, -0.25) is 14.4 Å². The minimum absolute atomic E-state index is 0.0181. The molecule has 0 aliphatic rings. The van der Waals surface area contributed by atoms with Gasteiger partial charge in [0.15, 0.2) is 0 Å². The SMILES string of the molecule is C#CCC(O)COC(=O)C(CC)CC(CC(C)C(C)=O)C(=O)N(C)C. The van der Waals surface area contributed by atoms with E-state index in [1.54, 1.807) is 21.0 Å². The second-order valence-electron chi connectivity index (χ2n) is 6.71. The third-order valence-corrected chi connectivity index (χ3v) is 4.29. The molecule has 0 fully saturated rings. The molecule has 0 bridgehead atoms. The second kappa shape index (κ2) is 11.6. The van der Waals surface area contributed by atoms with E-state index in [9.17, 15) is 19.5 Å². The van der Waals surface area contributed by atoms with Crippen molar-refractivity contribution in [2.45, 2.75) is 52.6 Å². The number of aliphatic hydroxyl groups is 1. The molecule has 0 aromatic carbocycles. The number of rotatable bonds is 11. The first-order valence-corrected chi connectivity index (χ1v) is 8.63. The van der Waals surface area contributed by atoms with Crippen LogP contribution in [0.4, 0.5) is 0 Å². The number of ether oxygens (including phenoxy) is 1. The van der Waals surface area contributed by atoms with Crippen LogP contribution in [-0.4, -0.2) is 54.5 Å². The van der Waals surface area contributed by atoms with Crippen LogP contribution < -0.4 is 0 Å². The smallest absolute Gasteiger partial charge is 0.309 e. The summed E-state index contributed by atoms with van der Waals surface area (Å²) in [6, 6.07) is 0. The molecule has 6 heteroatoms. The Morgan fingerprint density at radius 3 is 2.24 bits per heavy atom. The van der Waals surface area contributed by atoms with Gasteiger partial charge >= 0.3 is 5.97 Å². The largest absolute Gasteiger partial charge is 0.463 e. The molecule has 4 atom stereocenters. The van der Waals surface area contributed by atoms with Gasteiger partial charge < -0.3 is 14.7 Å². The summed E-state index contributed by atoms with van der Waals surface area (Å²) in [6.07, 6.45) is 5.55. The van der Waals surface area contributed by atoms with E-state index in [1.165, 1.54) is 11.8 Å². The number of amides is 1. The van der Waals surface area contributed by atoms with Crippen molar-refractivity contribution in [3.63, 3.8) is 0 Å². The second-order valence-corrected chi connectivity index (χ2v) is 6.71. The van der Waals surface area contributed by atoms with Gasteiger partial charge in [-0.2, -0.15) is 0 Å². The van der Waals surface area contributed by atoms with Crippen LogP contribution in [0.25, 0.3) is 0 Å². The molecule has 0 aromatic rings. The lowest BCUT2D eigenvalue weighted by atomic mass is 9.84. The van der Waals surface area contributed by atoms with Crippen LogP contribution in [0.2, 0.25) is 0 Å². The van der Waals surface area contributed by atoms with Crippen LogP contribution in [0.1, 0.15) is 46.5 Å². The molecule has 6 nitrogen and oxygen atoms in total. The summed E-state index contributed by atoms with van der Waals surface area (Å²) < 4.78 is 5.13. The van der Waals surface area contributed by atoms with E-state index in [-0.39, 0.29) is 30.6 Å². The number of aliphatic hydroxyl groups excluding tert-OH is 1. The van der Waals surface area contributed by atoms with Crippen LogP contribution in [0.3, 0.4) is 0 Å². The summed E-state index contributed by atoms with van der Waals surface area (Å²) in [7, 11) is 3.31. The van der Waals surface area contributed by atoms with E-state index >= 15 is 0 Å². The summed E-state index contributed by atoms with van der Waals surface area (Å²) in [4.78, 5) is 37.7. The zero-order valence-corrected chi connectivity index (χ0v) is 15.9. The molecule has 0 spiro atoms. The third-order valence-electron chi connectivity index (χ3n) is 4.29. The quantitative estimate of drug-likeness (QED) is 0.451. The van der Waals surface area contributed by atoms with E-state index in [4.69, 9.17) is 11.2 Å². The molecule has 0 aromatic heterocycles. The topological polar surface area (TPSA) is 83.9 Å². The lowest BCUT2D eigenvalue weighted by Gasteiger charge is -2.25. The van der Waals surface area contributed by atoms with Crippen LogP contribution in [0, 0.1) is 30.1 Å². The Morgan fingerprint density at radius 1 is 1.20 bits per heavy atom. The normalized spacial score (nSPS) is 15.4. The number of carbonyl (C=O) groups excluding carboxylic acids is 3. The molecule has 0 saturated carbocycles. The maximum Gasteiger partial charge on any atom is 0.309 e. The first kappa shape index (κ1) is 23.1. The van der Waals surface area contributed by atoms with Crippen molar-refractivity contribution in [1.82, 2.24) is 4.90 Å². The number of hydrogen-bond donors (Lipinski definition) is 1. The monoisotopic (exact) mass is 353 g/mol. The van der Waals surface area contributed by atoms with Crippen molar-refractivity contribution in [3.05, 3.63) is 0 Å². The minimum atomic E-state index is -0.886. The molecule has 0 aliphatic carbocycles. The standard InChI is InChI=1S/C19H31NO5/c1-7-9-17(22)12-25-19(24)15(8-2)11-16(18(23)20(5)6)10-13(3)14(4)21/h1,13,15-17,22H,8-12H2,2-6H3. The maximum atomic E-state index is 12.4. The lowest BCUT2D eigenvalue weighted by molar-refractivity contribution is -0.152. The Balaban J connectivity index is 4.96. The zero-order chi connectivity index (χ0) is 19.6. The van der Waals surface area contributed by atoms with Crippen molar-refractivity contribution in [1.29, 1.82) is 0 Å². The van der Waals surface area contributed by atoms with Crippen LogP contribution >= 0.6 is 0 Å². The zero-order valence-electron chi connectivity index (χ0n) is 15.9. The van der Waals surface area contributed by atoms with Gasteiger partial charge in [0.25, 0.3) is 0 Å². The average Bonchev–Trinajstić information content (AvgIpc) is 2.55. The number of hydrogen-bond acceptors (Lipinski definition) is 5. The van der Waals surface area contributed by atoms with Crippen molar-refractivity contribution in [2.24, 2.45) is 17.8 Å². The predicted octanol–water partition coefficient (Wildman–Crippen LogP) is 1.65. The van der Waals surface area contributed by atoms with Gasteiger partial charge in [-0.15, -0.1) is 12.3 Å². The Bertz CT molecular complexity index is 495. The summed E-state index contributed by atoms with van der Waals surface area (Å²) in [5.41, 5.74) is 0. The van der Waals surface area contributed by atoms with E-state index < -0.39 is 23.9 Å². The first-order chi connectivity index (χ1) is 11.6. The van der Waals surface area contributed by atoms with Gasteiger partial charge in [0.2, 0.25) is 5.91 Å². The summed E-state index contributed by atoms with van der Waals surface area (Å²) in [5, 5.41) is 9.56. The molecule has 142 valence electrons. The number of Topliss-reactive ketones (excluding diaryl/α,β-unsaturated/α-hetero) is 1. The molecule has 0 saturated heterocycles. The van der Waals surface area contributed by atoms with E-state index in [0.717, 1.165) is 0 Å². The fraction of sp³-hybridized carbons (Fsp3) is 0.737. The fourth-order valence-electron chi connectivity index (χ4n) is 2.52. The third kappa shape index (κ3) is 8.69. The highest BCUT2D eigenvalue weighted by atomic mass is 16.5. The van der Waals surface area contributed by atoms with Crippen LogP contribution in [0.15, 0.2) is 0 Å². The minimum Gasteiger partial charge on any atom is -0.463 e. The molecule has 1 N–H and O–H groups in total. The first-order valence-electron chi connectivity index (χ1n) is 8.63. The van der Waals surface area contributed by atoms with E-state index in [2.05, 4.69) is 5.92 Å². The van der Waals surface area contributed by atoms with Crippen molar-refractivity contribution < 1.29 is 24.2 Å². The molecule has 25 heavy (non-hydrogen) atoms. The highest BCUT2D eigenvalue weighted by molar-refractivity contribution is 5.82. The van der Waals surface area contributed by atoms with Crippen LogP contribution in [0.5, 0.6) is 0 Å². The van der Waals surface area contributed by atoms with Gasteiger partial charge in [-0.1, -0.05) is 13.8 Å². The van der Waals surface area contributed by atoms with Crippen molar-refractivity contribution >= 4 is 17.7 Å². The van der Waals surface area contributed by atoms with Crippen molar-refractivity contribution in [3.8, 4) is 12.3 Å². The Hall–Kier alpha value is -1.87. The predicted molar refractivity (Wildman–Crippen MR) is 95.5 cm³/mol. The highest BCUT2D eigenvalue weighted by Crippen LogP contribution is 2.25. The lowest BCUT2D eigenvalue weighted by Crippen LogP contribution is -2.34. The fourth-order valence-corrected chi connectivity index (χ4v) is 2.52. The van der Waals surface area contributed by atoms with E-state index in [0.29, 0.717) is 19.3 Å². The molecular formula is C19H31NO5. The molecule has 0 radical (unpaired) electrons. The number of esters is 1.